The SMILES string of the molecule is O=C(NCCOc1ccc2ccccc2c1)C1(c2ccc(F)cc2)CC1. The fraction of sp³-hybridized carbons (Fsp3) is 0.227. The Morgan fingerprint density at radius 2 is 1.73 bits per heavy atom. The normalized spacial score (nSPS) is 14.8. The smallest absolute Gasteiger partial charge is 0.230 e. The molecule has 0 spiro atoms. The number of benzene rings is 3. The highest BCUT2D eigenvalue weighted by molar-refractivity contribution is 5.91. The molecule has 26 heavy (non-hydrogen) atoms. The van der Waals surface area contributed by atoms with E-state index in [1.165, 1.54) is 17.5 Å². The molecule has 4 rings (SSSR count). The molecule has 3 nitrogen and oxygen atoms in total. The first-order valence-electron chi connectivity index (χ1n) is 8.83. The molecule has 0 radical (unpaired) electrons. The van der Waals surface area contributed by atoms with Gasteiger partial charge < -0.3 is 10.1 Å². The highest BCUT2D eigenvalue weighted by atomic mass is 19.1. The third-order valence-electron chi connectivity index (χ3n) is 4.96. The zero-order valence-electron chi connectivity index (χ0n) is 14.4. The summed E-state index contributed by atoms with van der Waals surface area (Å²) >= 11 is 0. The van der Waals surface area contributed by atoms with Crippen molar-refractivity contribution in [1.82, 2.24) is 5.32 Å². The molecular weight excluding hydrogens is 329 g/mol. The lowest BCUT2D eigenvalue weighted by Crippen LogP contribution is -2.37. The Morgan fingerprint density at radius 3 is 2.46 bits per heavy atom. The molecule has 0 saturated heterocycles. The summed E-state index contributed by atoms with van der Waals surface area (Å²) in [6.45, 7) is 0.845. The molecule has 1 fully saturated rings. The summed E-state index contributed by atoms with van der Waals surface area (Å²) in [5.41, 5.74) is 0.392. The number of carbonyl (C=O) groups is 1. The number of carbonyl (C=O) groups excluding carboxylic acids is 1. The number of nitrogens with one attached hydrogen (secondary N) is 1. The van der Waals surface area contributed by atoms with Gasteiger partial charge in [-0.3, -0.25) is 4.79 Å². The van der Waals surface area contributed by atoms with Gasteiger partial charge in [-0.25, -0.2) is 4.39 Å². The summed E-state index contributed by atoms with van der Waals surface area (Å²) < 4.78 is 18.8. The minimum atomic E-state index is -0.489. The first-order chi connectivity index (χ1) is 12.7. The lowest BCUT2D eigenvalue weighted by molar-refractivity contribution is -0.123. The number of rotatable bonds is 6. The van der Waals surface area contributed by atoms with E-state index in [9.17, 15) is 9.18 Å². The Hall–Kier alpha value is -2.88. The molecule has 3 aromatic rings. The van der Waals surface area contributed by atoms with Crippen molar-refractivity contribution in [3.05, 3.63) is 78.1 Å². The van der Waals surface area contributed by atoms with Crippen LogP contribution in [-0.2, 0) is 10.2 Å². The molecule has 1 aliphatic carbocycles. The summed E-state index contributed by atoms with van der Waals surface area (Å²) in [7, 11) is 0. The number of amides is 1. The van der Waals surface area contributed by atoms with Gasteiger partial charge >= 0.3 is 0 Å². The van der Waals surface area contributed by atoms with Crippen LogP contribution in [0.3, 0.4) is 0 Å². The van der Waals surface area contributed by atoms with E-state index >= 15 is 0 Å². The predicted octanol–water partition coefficient (Wildman–Crippen LogP) is 4.21. The second kappa shape index (κ2) is 6.79. The predicted molar refractivity (Wildman–Crippen MR) is 99.8 cm³/mol. The van der Waals surface area contributed by atoms with Crippen molar-refractivity contribution in [3.8, 4) is 5.75 Å². The maximum Gasteiger partial charge on any atom is 0.230 e. The summed E-state index contributed by atoms with van der Waals surface area (Å²) in [6.07, 6.45) is 1.60. The second-order valence-electron chi connectivity index (χ2n) is 6.70. The van der Waals surface area contributed by atoms with Gasteiger partial charge in [-0.1, -0.05) is 42.5 Å². The zero-order chi connectivity index (χ0) is 18.0. The molecule has 132 valence electrons. The molecule has 3 aromatic carbocycles. The van der Waals surface area contributed by atoms with Crippen LogP contribution in [0, 0.1) is 5.82 Å². The lowest BCUT2D eigenvalue weighted by Gasteiger charge is -2.16. The van der Waals surface area contributed by atoms with E-state index < -0.39 is 5.41 Å². The van der Waals surface area contributed by atoms with Crippen LogP contribution in [0.5, 0.6) is 5.75 Å². The number of fused-ring (bicyclic) bond motifs is 1. The quantitative estimate of drug-likeness (QED) is 0.677. The van der Waals surface area contributed by atoms with Crippen molar-refractivity contribution in [2.45, 2.75) is 18.3 Å². The van der Waals surface area contributed by atoms with E-state index in [0.717, 1.165) is 29.5 Å². The van der Waals surface area contributed by atoms with Gasteiger partial charge in [0, 0.05) is 0 Å². The van der Waals surface area contributed by atoms with Crippen molar-refractivity contribution in [3.63, 3.8) is 0 Å². The second-order valence-corrected chi connectivity index (χ2v) is 6.70. The molecule has 0 heterocycles. The first kappa shape index (κ1) is 16.6. The van der Waals surface area contributed by atoms with Crippen LogP contribution in [0.2, 0.25) is 0 Å². The lowest BCUT2D eigenvalue weighted by atomic mass is 9.95. The van der Waals surface area contributed by atoms with Crippen LogP contribution in [0.1, 0.15) is 18.4 Å². The Morgan fingerprint density at radius 1 is 1.00 bits per heavy atom. The summed E-state index contributed by atoms with van der Waals surface area (Å²) in [6, 6.07) is 20.3. The molecular formula is C22H20FNO2. The monoisotopic (exact) mass is 349 g/mol. The molecule has 1 aliphatic rings. The van der Waals surface area contributed by atoms with Crippen LogP contribution in [0.25, 0.3) is 10.8 Å². The van der Waals surface area contributed by atoms with Crippen LogP contribution in [0.4, 0.5) is 4.39 Å². The maximum absolute atomic E-state index is 13.1. The number of hydrogen-bond acceptors (Lipinski definition) is 2. The topological polar surface area (TPSA) is 38.3 Å². The Balaban J connectivity index is 1.31. The van der Waals surface area contributed by atoms with Gasteiger partial charge in [0.15, 0.2) is 0 Å². The molecule has 1 N–H and O–H groups in total. The third kappa shape index (κ3) is 3.27. The van der Waals surface area contributed by atoms with Gasteiger partial charge in [-0.2, -0.15) is 0 Å². The summed E-state index contributed by atoms with van der Waals surface area (Å²) in [5, 5.41) is 5.24. The van der Waals surface area contributed by atoms with Gasteiger partial charge in [-0.05, 0) is 53.4 Å². The summed E-state index contributed by atoms with van der Waals surface area (Å²) in [4.78, 5) is 12.5. The largest absolute Gasteiger partial charge is 0.492 e. The maximum atomic E-state index is 13.1. The molecule has 1 saturated carbocycles. The molecule has 0 atom stereocenters. The van der Waals surface area contributed by atoms with Crippen molar-refractivity contribution in [2.24, 2.45) is 0 Å². The highest BCUT2D eigenvalue weighted by Crippen LogP contribution is 2.48. The fourth-order valence-electron chi connectivity index (χ4n) is 3.30. The highest BCUT2D eigenvalue weighted by Gasteiger charge is 2.50. The van der Waals surface area contributed by atoms with E-state index in [1.54, 1.807) is 12.1 Å². The molecule has 0 unspecified atom stereocenters. The van der Waals surface area contributed by atoms with Gasteiger partial charge in [0.1, 0.15) is 18.2 Å². The van der Waals surface area contributed by atoms with E-state index in [0.29, 0.717) is 13.2 Å². The molecule has 1 amide bonds. The molecule has 0 bridgehead atoms. The number of hydrogen-bond donors (Lipinski definition) is 1. The van der Waals surface area contributed by atoms with E-state index in [1.807, 2.05) is 36.4 Å². The van der Waals surface area contributed by atoms with Crippen LogP contribution >= 0.6 is 0 Å². The van der Waals surface area contributed by atoms with Crippen LogP contribution < -0.4 is 10.1 Å². The van der Waals surface area contributed by atoms with Crippen molar-refractivity contribution >= 4 is 16.7 Å². The number of ether oxygens (including phenoxy) is 1. The average molecular weight is 349 g/mol. The third-order valence-corrected chi connectivity index (χ3v) is 4.96. The number of halogens is 1. The Kier molecular flexibility index (Phi) is 4.33. The van der Waals surface area contributed by atoms with E-state index in [-0.39, 0.29) is 11.7 Å². The molecule has 0 aromatic heterocycles. The molecule has 4 heteroatoms. The van der Waals surface area contributed by atoms with Crippen LogP contribution in [0.15, 0.2) is 66.7 Å². The van der Waals surface area contributed by atoms with Crippen molar-refractivity contribution in [1.29, 1.82) is 0 Å². The minimum Gasteiger partial charge on any atom is -0.492 e. The molecule has 0 aliphatic heterocycles. The van der Waals surface area contributed by atoms with Crippen molar-refractivity contribution < 1.29 is 13.9 Å². The standard InChI is InChI=1S/C22H20FNO2/c23-19-8-6-18(7-9-19)22(11-12-22)21(25)24-13-14-26-20-10-5-16-3-1-2-4-17(16)15-20/h1-10,15H,11-14H2,(H,24,25). The Labute approximate surface area is 151 Å². The Bertz CT molecular complexity index is 932. The van der Waals surface area contributed by atoms with Crippen molar-refractivity contribution in [2.75, 3.05) is 13.2 Å². The minimum absolute atomic E-state index is 0.00813. The van der Waals surface area contributed by atoms with Gasteiger partial charge in [-0.15, -0.1) is 0 Å². The average Bonchev–Trinajstić information content (AvgIpc) is 3.47. The van der Waals surface area contributed by atoms with Gasteiger partial charge in [0.25, 0.3) is 0 Å². The van der Waals surface area contributed by atoms with Gasteiger partial charge in [0.05, 0.1) is 12.0 Å². The first-order valence-corrected chi connectivity index (χ1v) is 8.83. The van der Waals surface area contributed by atoms with Crippen LogP contribution in [-0.4, -0.2) is 19.1 Å². The van der Waals surface area contributed by atoms with Gasteiger partial charge in [0.2, 0.25) is 5.91 Å². The summed E-state index contributed by atoms with van der Waals surface area (Å²) in [5.74, 6) is 0.498. The van der Waals surface area contributed by atoms with E-state index in [2.05, 4.69) is 11.4 Å². The fourth-order valence-corrected chi connectivity index (χ4v) is 3.30. The van der Waals surface area contributed by atoms with E-state index in [4.69, 9.17) is 4.74 Å². The zero-order valence-corrected chi connectivity index (χ0v) is 14.4.